The number of allylic oxidation sites excluding steroid dienone is 1. The predicted molar refractivity (Wildman–Crippen MR) is 119 cm³/mol. The van der Waals surface area contributed by atoms with Crippen LogP contribution in [0.15, 0.2) is 54.6 Å². The minimum atomic E-state index is 0.0997. The molecule has 0 aliphatic heterocycles. The highest BCUT2D eigenvalue weighted by Gasteiger charge is 2.38. The molecule has 1 aliphatic carbocycles. The van der Waals surface area contributed by atoms with Gasteiger partial charge in [-0.2, -0.15) is 0 Å². The number of fused-ring (bicyclic) bond motifs is 1. The fraction of sp³-hybridized carbons (Fsp3) is 0.481. The molecule has 0 spiro atoms. The summed E-state index contributed by atoms with van der Waals surface area (Å²) < 4.78 is 0. The Morgan fingerprint density at radius 3 is 2.00 bits per heavy atom. The molecule has 0 atom stereocenters. The third kappa shape index (κ3) is 3.77. The largest absolute Gasteiger partial charge is 0.0734 e. The second-order valence-corrected chi connectivity index (χ2v) is 9.64. The van der Waals surface area contributed by atoms with Crippen LogP contribution in [0.4, 0.5) is 0 Å². The third-order valence-electron chi connectivity index (χ3n) is 7.08. The van der Waals surface area contributed by atoms with Gasteiger partial charge in [-0.3, -0.25) is 0 Å². The lowest BCUT2D eigenvalue weighted by atomic mass is 9.62. The maximum Gasteiger partial charge on any atom is 0.0130 e. The SMILES string of the molecule is CCC(/C=C/c1ccccc1)(CC)c1ccc2c(c1)C(C)(C)CCC2(C)C. The molecule has 0 radical (unpaired) electrons. The van der Waals surface area contributed by atoms with Crippen molar-refractivity contribution in [1.82, 2.24) is 0 Å². The van der Waals surface area contributed by atoms with Crippen LogP contribution in [0.2, 0.25) is 0 Å². The molecule has 0 saturated heterocycles. The molecule has 0 fully saturated rings. The lowest BCUT2D eigenvalue weighted by Gasteiger charge is -2.43. The summed E-state index contributed by atoms with van der Waals surface area (Å²) in [5.74, 6) is 0. The smallest absolute Gasteiger partial charge is 0.0130 e. The molecule has 0 unspecified atom stereocenters. The molecule has 2 aromatic carbocycles. The van der Waals surface area contributed by atoms with Crippen LogP contribution in [0.3, 0.4) is 0 Å². The molecule has 0 N–H and O–H groups in total. The van der Waals surface area contributed by atoms with Crippen molar-refractivity contribution in [3.63, 3.8) is 0 Å². The number of benzene rings is 2. The molecule has 27 heavy (non-hydrogen) atoms. The summed E-state index contributed by atoms with van der Waals surface area (Å²) in [5.41, 5.74) is 6.52. The number of hydrogen-bond acceptors (Lipinski definition) is 0. The zero-order chi connectivity index (χ0) is 19.7. The molecule has 0 aromatic heterocycles. The van der Waals surface area contributed by atoms with Crippen molar-refractivity contribution < 1.29 is 0 Å². The summed E-state index contributed by atoms with van der Waals surface area (Å²) in [4.78, 5) is 0. The fourth-order valence-corrected chi connectivity index (χ4v) is 4.71. The van der Waals surface area contributed by atoms with Crippen molar-refractivity contribution in [3.8, 4) is 0 Å². The molecule has 0 heteroatoms. The predicted octanol–water partition coefficient (Wildman–Crippen LogP) is 7.81. The number of rotatable bonds is 5. The summed E-state index contributed by atoms with van der Waals surface area (Å²) >= 11 is 0. The molecule has 1 aliphatic rings. The van der Waals surface area contributed by atoms with Gasteiger partial charge >= 0.3 is 0 Å². The van der Waals surface area contributed by atoms with E-state index in [0.29, 0.717) is 0 Å². The quantitative estimate of drug-likeness (QED) is 0.510. The average molecular weight is 361 g/mol. The molecular formula is C27H36. The van der Waals surface area contributed by atoms with Gasteiger partial charge in [0.1, 0.15) is 0 Å². The van der Waals surface area contributed by atoms with Crippen LogP contribution in [0.25, 0.3) is 6.08 Å². The first kappa shape index (κ1) is 19.9. The van der Waals surface area contributed by atoms with E-state index in [-0.39, 0.29) is 16.2 Å². The maximum absolute atomic E-state index is 2.54. The van der Waals surface area contributed by atoms with E-state index < -0.39 is 0 Å². The Morgan fingerprint density at radius 1 is 0.815 bits per heavy atom. The van der Waals surface area contributed by atoms with Gasteiger partial charge in [0.05, 0.1) is 0 Å². The molecule has 144 valence electrons. The van der Waals surface area contributed by atoms with Crippen LogP contribution in [0.5, 0.6) is 0 Å². The summed E-state index contributed by atoms with van der Waals surface area (Å²) in [7, 11) is 0. The van der Waals surface area contributed by atoms with Gasteiger partial charge in [0, 0.05) is 5.41 Å². The van der Waals surface area contributed by atoms with Gasteiger partial charge in [-0.1, -0.05) is 102 Å². The Bertz CT molecular complexity index is 801. The van der Waals surface area contributed by atoms with Crippen molar-refractivity contribution >= 4 is 6.08 Å². The van der Waals surface area contributed by atoms with Crippen LogP contribution < -0.4 is 0 Å². The minimum Gasteiger partial charge on any atom is -0.0734 e. The Hall–Kier alpha value is -1.82. The van der Waals surface area contributed by atoms with Gasteiger partial charge in [-0.05, 0) is 58.8 Å². The first-order valence-electron chi connectivity index (χ1n) is 10.6. The Labute approximate surface area is 166 Å². The monoisotopic (exact) mass is 360 g/mol. The molecule has 0 heterocycles. The summed E-state index contributed by atoms with van der Waals surface area (Å²) in [6.07, 6.45) is 9.53. The third-order valence-corrected chi connectivity index (χ3v) is 7.08. The molecule has 3 rings (SSSR count). The van der Waals surface area contributed by atoms with E-state index in [0.717, 1.165) is 12.8 Å². The Morgan fingerprint density at radius 2 is 1.41 bits per heavy atom. The van der Waals surface area contributed by atoms with Gasteiger partial charge in [0.2, 0.25) is 0 Å². The van der Waals surface area contributed by atoms with Crippen molar-refractivity contribution in [1.29, 1.82) is 0 Å². The second-order valence-electron chi connectivity index (χ2n) is 9.64. The normalized spacial score (nSPS) is 18.4. The van der Waals surface area contributed by atoms with E-state index in [1.54, 1.807) is 11.1 Å². The topological polar surface area (TPSA) is 0 Å². The lowest BCUT2D eigenvalue weighted by molar-refractivity contribution is 0.330. The van der Waals surface area contributed by atoms with Crippen molar-refractivity contribution in [3.05, 3.63) is 76.9 Å². The van der Waals surface area contributed by atoms with Gasteiger partial charge < -0.3 is 0 Å². The minimum absolute atomic E-state index is 0.0997. The van der Waals surface area contributed by atoms with E-state index in [1.165, 1.54) is 24.0 Å². The zero-order valence-electron chi connectivity index (χ0n) is 18.1. The van der Waals surface area contributed by atoms with E-state index in [4.69, 9.17) is 0 Å². The highest BCUT2D eigenvalue weighted by atomic mass is 14.4. The maximum atomic E-state index is 2.54. The summed E-state index contributed by atoms with van der Waals surface area (Å²) in [6, 6.07) is 18.1. The van der Waals surface area contributed by atoms with Crippen LogP contribution in [0.1, 0.15) is 89.5 Å². The first-order valence-corrected chi connectivity index (χ1v) is 10.6. The highest BCUT2D eigenvalue weighted by Crippen LogP contribution is 2.47. The van der Waals surface area contributed by atoms with Crippen LogP contribution >= 0.6 is 0 Å². The van der Waals surface area contributed by atoms with Gasteiger partial charge in [0.15, 0.2) is 0 Å². The van der Waals surface area contributed by atoms with Crippen molar-refractivity contribution in [2.24, 2.45) is 0 Å². The highest BCUT2D eigenvalue weighted by molar-refractivity contribution is 5.54. The standard InChI is InChI=1S/C27H36/c1-7-27(8-2,17-16-21-12-10-9-11-13-21)22-14-15-23-24(20-22)26(5,6)19-18-25(23,3)4/h9-17,20H,7-8,18-19H2,1-6H3/b17-16+. The second kappa shape index (κ2) is 7.30. The van der Waals surface area contributed by atoms with Gasteiger partial charge in [-0.25, -0.2) is 0 Å². The van der Waals surface area contributed by atoms with Crippen LogP contribution in [0, 0.1) is 0 Å². The van der Waals surface area contributed by atoms with Crippen molar-refractivity contribution in [2.75, 3.05) is 0 Å². The fourth-order valence-electron chi connectivity index (χ4n) is 4.71. The molecule has 2 aromatic rings. The number of hydrogen-bond donors (Lipinski definition) is 0. The molecular weight excluding hydrogens is 324 g/mol. The zero-order valence-corrected chi connectivity index (χ0v) is 18.1. The summed E-state index contributed by atoms with van der Waals surface area (Å²) in [6.45, 7) is 14.3. The van der Waals surface area contributed by atoms with E-state index in [9.17, 15) is 0 Å². The van der Waals surface area contributed by atoms with Crippen molar-refractivity contribution in [2.45, 2.75) is 83.5 Å². The molecule has 0 amide bonds. The Kier molecular flexibility index (Phi) is 5.39. The lowest BCUT2D eigenvalue weighted by Crippen LogP contribution is -2.34. The van der Waals surface area contributed by atoms with E-state index >= 15 is 0 Å². The average Bonchev–Trinajstić information content (AvgIpc) is 2.68. The van der Waals surface area contributed by atoms with E-state index in [2.05, 4.69) is 102 Å². The summed E-state index contributed by atoms with van der Waals surface area (Å²) in [5, 5.41) is 0. The Balaban J connectivity index is 2.08. The van der Waals surface area contributed by atoms with Gasteiger partial charge in [0.25, 0.3) is 0 Å². The van der Waals surface area contributed by atoms with Crippen LogP contribution in [-0.4, -0.2) is 0 Å². The first-order chi connectivity index (χ1) is 12.7. The molecule has 0 saturated carbocycles. The molecule has 0 nitrogen and oxygen atoms in total. The van der Waals surface area contributed by atoms with Crippen LogP contribution in [-0.2, 0) is 16.2 Å². The van der Waals surface area contributed by atoms with E-state index in [1.807, 2.05) is 0 Å². The molecule has 0 bridgehead atoms. The van der Waals surface area contributed by atoms with Gasteiger partial charge in [-0.15, -0.1) is 0 Å².